The minimum Gasteiger partial charge on any atom is -0.493 e. The van der Waals surface area contributed by atoms with Crippen LogP contribution in [0.1, 0.15) is 30.7 Å². The van der Waals surface area contributed by atoms with Crippen molar-refractivity contribution in [1.29, 1.82) is 5.26 Å². The van der Waals surface area contributed by atoms with Gasteiger partial charge in [0.2, 0.25) is 5.88 Å². The standard InChI is InChI=1S/C20H20N2O4/c1-3-9-25-15-8-7-12(10-17(15)24-2)18-13(11-21)20(22)26-16-6-4-5-14(23)19(16)18/h3,7-8,10,18H,1,4-6,9,22H2,2H3. The third-order valence-electron chi connectivity index (χ3n) is 4.48. The van der Waals surface area contributed by atoms with Crippen LogP contribution in [0.5, 0.6) is 11.5 Å². The van der Waals surface area contributed by atoms with Crippen LogP contribution in [0.4, 0.5) is 0 Å². The summed E-state index contributed by atoms with van der Waals surface area (Å²) in [6.07, 6.45) is 3.43. The molecule has 1 aliphatic carbocycles. The number of hydrogen-bond donors (Lipinski definition) is 1. The number of ether oxygens (including phenoxy) is 3. The van der Waals surface area contributed by atoms with E-state index in [0.29, 0.717) is 42.3 Å². The van der Waals surface area contributed by atoms with Crippen LogP contribution < -0.4 is 15.2 Å². The van der Waals surface area contributed by atoms with Crippen molar-refractivity contribution in [3.63, 3.8) is 0 Å². The molecule has 0 saturated heterocycles. The highest BCUT2D eigenvalue weighted by Gasteiger charge is 2.38. The van der Waals surface area contributed by atoms with Crippen molar-refractivity contribution in [2.24, 2.45) is 5.73 Å². The number of methoxy groups -OCH3 is 1. The van der Waals surface area contributed by atoms with Crippen molar-refractivity contribution in [3.8, 4) is 17.6 Å². The van der Waals surface area contributed by atoms with Crippen LogP contribution >= 0.6 is 0 Å². The Labute approximate surface area is 152 Å². The van der Waals surface area contributed by atoms with Crippen LogP contribution in [-0.2, 0) is 9.53 Å². The van der Waals surface area contributed by atoms with Gasteiger partial charge < -0.3 is 19.9 Å². The van der Waals surface area contributed by atoms with E-state index in [2.05, 4.69) is 12.6 Å². The molecule has 1 unspecified atom stereocenters. The summed E-state index contributed by atoms with van der Waals surface area (Å²) in [6.45, 7) is 3.97. The Morgan fingerprint density at radius 2 is 2.23 bits per heavy atom. The smallest absolute Gasteiger partial charge is 0.205 e. The van der Waals surface area contributed by atoms with Gasteiger partial charge in [0.1, 0.15) is 24.0 Å². The summed E-state index contributed by atoms with van der Waals surface area (Å²) in [5, 5.41) is 9.60. The maximum atomic E-state index is 12.6. The first kappa shape index (κ1) is 17.6. The number of hydrogen-bond acceptors (Lipinski definition) is 6. The summed E-state index contributed by atoms with van der Waals surface area (Å²) >= 11 is 0. The molecule has 1 aliphatic heterocycles. The minimum atomic E-state index is -0.557. The van der Waals surface area contributed by atoms with Crippen LogP contribution in [0, 0.1) is 11.3 Å². The molecule has 0 bridgehead atoms. The largest absolute Gasteiger partial charge is 0.493 e. The van der Waals surface area contributed by atoms with Crippen LogP contribution in [0.15, 0.2) is 53.6 Å². The van der Waals surface area contributed by atoms with Crippen molar-refractivity contribution in [2.45, 2.75) is 25.2 Å². The molecule has 1 heterocycles. The van der Waals surface area contributed by atoms with Gasteiger partial charge in [0, 0.05) is 18.4 Å². The lowest BCUT2D eigenvalue weighted by Gasteiger charge is -2.31. The number of Topliss-reactive ketones (excluding diaryl/α,β-unsaturated/α-hetero) is 1. The fourth-order valence-electron chi connectivity index (χ4n) is 3.32. The minimum absolute atomic E-state index is 0.0116. The quantitative estimate of drug-likeness (QED) is 0.818. The second-order valence-electron chi connectivity index (χ2n) is 6.05. The highest BCUT2D eigenvalue weighted by atomic mass is 16.5. The molecular formula is C20H20N2O4. The van der Waals surface area contributed by atoms with E-state index in [1.807, 2.05) is 6.07 Å². The van der Waals surface area contributed by atoms with Crippen molar-refractivity contribution < 1.29 is 19.0 Å². The fraction of sp³-hybridized carbons (Fsp3) is 0.300. The number of allylic oxidation sites excluding steroid dienone is 3. The number of carbonyl (C=O) groups is 1. The maximum Gasteiger partial charge on any atom is 0.205 e. The summed E-state index contributed by atoms with van der Waals surface area (Å²) in [5.41, 5.74) is 7.45. The van der Waals surface area contributed by atoms with E-state index in [1.165, 1.54) is 7.11 Å². The second-order valence-corrected chi connectivity index (χ2v) is 6.05. The van der Waals surface area contributed by atoms with Gasteiger partial charge in [0.25, 0.3) is 0 Å². The van der Waals surface area contributed by atoms with Crippen LogP contribution in [0.25, 0.3) is 0 Å². The molecule has 1 aromatic rings. The molecule has 26 heavy (non-hydrogen) atoms. The average molecular weight is 352 g/mol. The number of ketones is 1. The average Bonchev–Trinajstić information content (AvgIpc) is 2.65. The van der Waals surface area contributed by atoms with Crippen LogP contribution in [0.2, 0.25) is 0 Å². The Hall–Kier alpha value is -3.20. The predicted molar refractivity (Wildman–Crippen MR) is 95.2 cm³/mol. The number of nitrogens with zero attached hydrogens (tertiary/aromatic N) is 1. The Morgan fingerprint density at radius 1 is 1.42 bits per heavy atom. The zero-order valence-corrected chi connectivity index (χ0v) is 14.6. The number of rotatable bonds is 5. The molecule has 1 aromatic carbocycles. The van der Waals surface area contributed by atoms with Gasteiger partial charge >= 0.3 is 0 Å². The molecule has 1 atom stereocenters. The predicted octanol–water partition coefficient (Wildman–Crippen LogP) is 3.07. The van der Waals surface area contributed by atoms with E-state index in [9.17, 15) is 10.1 Å². The third kappa shape index (κ3) is 3.04. The second kappa shape index (κ2) is 7.36. The summed E-state index contributed by atoms with van der Waals surface area (Å²) in [5.74, 6) is 1.12. The molecule has 0 amide bonds. The van der Waals surface area contributed by atoms with Gasteiger partial charge in [-0.1, -0.05) is 18.7 Å². The van der Waals surface area contributed by atoms with Gasteiger partial charge in [-0.3, -0.25) is 4.79 Å². The monoisotopic (exact) mass is 352 g/mol. The summed E-state index contributed by atoms with van der Waals surface area (Å²) in [7, 11) is 1.54. The molecular weight excluding hydrogens is 332 g/mol. The Bertz CT molecular complexity index is 861. The maximum absolute atomic E-state index is 12.6. The molecule has 3 rings (SSSR count). The van der Waals surface area contributed by atoms with E-state index in [0.717, 1.165) is 12.0 Å². The molecule has 0 saturated carbocycles. The summed E-state index contributed by atoms with van der Waals surface area (Å²) in [4.78, 5) is 12.6. The van der Waals surface area contributed by atoms with E-state index < -0.39 is 5.92 Å². The summed E-state index contributed by atoms with van der Waals surface area (Å²) in [6, 6.07) is 7.44. The zero-order valence-electron chi connectivity index (χ0n) is 14.6. The first-order valence-corrected chi connectivity index (χ1v) is 8.36. The number of carbonyl (C=O) groups excluding carboxylic acids is 1. The van der Waals surface area contributed by atoms with Crippen LogP contribution in [0.3, 0.4) is 0 Å². The van der Waals surface area contributed by atoms with Gasteiger partial charge in [0.05, 0.1) is 13.0 Å². The number of nitriles is 1. The first-order valence-electron chi connectivity index (χ1n) is 8.36. The van der Waals surface area contributed by atoms with E-state index in [1.54, 1.807) is 18.2 Å². The fourth-order valence-corrected chi connectivity index (χ4v) is 3.32. The topological polar surface area (TPSA) is 94.6 Å². The molecule has 0 spiro atoms. The highest BCUT2D eigenvalue weighted by Crippen LogP contribution is 2.44. The van der Waals surface area contributed by atoms with Crippen molar-refractivity contribution in [1.82, 2.24) is 0 Å². The Kier molecular flexibility index (Phi) is 4.99. The van der Waals surface area contributed by atoms with Crippen molar-refractivity contribution >= 4 is 5.78 Å². The summed E-state index contributed by atoms with van der Waals surface area (Å²) < 4.78 is 16.6. The molecule has 0 aromatic heterocycles. The molecule has 134 valence electrons. The van der Waals surface area contributed by atoms with Gasteiger partial charge in [-0.05, 0) is 24.1 Å². The lowest BCUT2D eigenvalue weighted by Crippen LogP contribution is -2.27. The Balaban J connectivity index is 2.10. The molecule has 0 fully saturated rings. The van der Waals surface area contributed by atoms with Gasteiger partial charge in [-0.15, -0.1) is 0 Å². The SMILES string of the molecule is C=CCOc1ccc(C2C(C#N)=C(N)OC3=C2C(=O)CCC3)cc1OC. The molecule has 0 radical (unpaired) electrons. The number of benzene rings is 1. The zero-order chi connectivity index (χ0) is 18.7. The molecule has 2 aliphatic rings. The van der Waals surface area contributed by atoms with Crippen molar-refractivity contribution in [3.05, 3.63) is 59.2 Å². The van der Waals surface area contributed by atoms with Gasteiger partial charge in [-0.25, -0.2) is 0 Å². The number of nitrogens with two attached hydrogens (primary N) is 1. The van der Waals surface area contributed by atoms with E-state index >= 15 is 0 Å². The van der Waals surface area contributed by atoms with E-state index in [4.69, 9.17) is 19.9 Å². The third-order valence-corrected chi connectivity index (χ3v) is 4.48. The van der Waals surface area contributed by atoms with E-state index in [-0.39, 0.29) is 17.2 Å². The molecule has 6 heteroatoms. The lowest BCUT2D eigenvalue weighted by molar-refractivity contribution is -0.116. The molecule has 2 N–H and O–H groups in total. The highest BCUT2D eigenvalue weighted by molar-refractivity contribution is 5.99. The van der Waals surface area contributed by atoms with Gasteiger partial charge in [0.15, 0.2) is 17.3 Å². The molecule has 6 nitrogen and oxygen atoms in total. The normalized spacial score (nSPS) is 19.4. The Morgan fingerprint density at radius 3 is 2.92 bits per heavy atom. The lowest BCUT2D eigenvalue weighted by atomic mass is 9.77. The first-order chi connectivity index (χ1) is 12.6. The van der Waals surface area contributed by atoms with Crippen LogP contribution in [-0.4, -0.2) is 19.5 Å². The van der Waals surface area contributed by atoms with Crippen molar-refractivity contribution in [2.75, 3.05) is 13.7 Å². The van der Waals surface area contributed by atoms with Gasteiger partial charge in [-0.2, -0.15) is 5.26 Å².